The van der Waals surface area contributed by atoms with E-state index in [1.54, 1.807) is 7.11 Å². The molecular weight excluding hydrogens is 384 g/mol. The van der Waals surface area contributed by atoms with Crippen molar-refractivity contribution in [3.8, 4) is 5.75 Å². The lowest BCUT2D eigenvalue weighted by molar-refractivity contribution is -0.118. The van der Waals surface area contributed by atoms with Crippen molar-refractivity contribution in [1.29, 1.82) is 0 Å². The molecule has 2 heterocycles. The molecule has 148 valence electrons. The van der Waals surface area contributed by atoms with Gasteiger partial charge in [0.15, 0.2) is 10.8 Å². The average Bonchev–Trinajstić information content (AvgIpc) is 3.16. The maximum absolute atomic E-state index is 12.3. The van der Waals surface area contributed by atoms with Gasteiger partial charge in [0.1, 0.15) is 5.75 Å². The van der Waals surface area contributed by atoms with Crippen LogP contribution in [0.1, 0.15) is 11.1 Å². The third-order valence-corrected chi connectivity index (χ3v) is 5.73. The molecule has 0 aliphatic heterocycles. The van der Waals surface area contributed by atoms with E-state index in [0.29, 0.717) is 12.3 Å². The van der Waals surface area contributed by atoms with Crippen LogP contribution in [0.2, 0.25) is 0 Å². The number of benzene rings is 2. The van der Waals surface area contributed by atoms with Crippen LogP contribution in [0.4, 0.5) is 0 Å². The molecule has 0 saturated heterocycles. The molecule has 2 aromatic carbocycles. The van der Waals surface area contributed by atoms with Crippen LogP contribution in [-0.2, 0) is 11.2 Å². The second-order valence-electron chi connectivity index (χ2n) is 6.76. The molecule has 0 saturated carbocycles. The smallest absolute Gasteiger partial charge is 0.230 e. The first kappa shape index (κ1) is 19.3. The molecule has 1 N–H and O–H groups in total. The topological polar surface area (TPSA) is 68.5 Å². The number of methoxy groups -OCH3 is 1. The van der Waals surface area contributed by atoms with Crippen molar-refractivity contribution in [1.82, 2.24) is 19.9 Å². The second-order valence-corrected chi connectivity index (χ2v) is 7.70. The number of ether oxygens (including phenoxy) is 1. The summed E-state index contributed by atoms with van der Waals surface area (Å²) in [6, 6.07) is 18.1. The van der Waals surface area contributed by atoms with Gasteiger partial charge in [0.05, 0.1) is 18.4 Å². The Morgan fingerprint density at radius 2 is 1.93 bits per heavy atom. The van der Waals surface area contributed by atoms with Crippen LogP contribution in [0.15, 0.2) is 59.8 Å². The Hall–Kier alpha value is -3.06. The fourth-order valence-electron chi connectivity index (χ4n) is 3.29. The van der Waals surface area contributed by atoms with Crippen molar-refractivity contribution in [2.75, 3.05) is 19.4 Å². The number of hydrogen-bond acceptors (Lipinski definition) is 5. The highest BCUT2D eigenvalue weighted by Crippen LogP contribution is 2.25. The maximum atomic E-state index is 12.3. The third kappa shape index (κ3) is 4.19. The highest BCUT2D eigenvalue weighted by Gasteiger charge is 2.13. The monoisotopic (exact) mass is 406 g/mol. The van der Waals surface area contributed by atoms with Gasteiger partial charge in [-0.3, -0.25) is 9.20 Å². The lowest BCUT2D eigenvalue weighted by atomic mass is 10.1. The molecule has 0 fully saturated rings. The van der Waals surface area contributed by atoms with E-state index >= 15 is 0 Å². The van der Waals surface area contributed by atoms with Crippen molar-refractivity contribution >= 4 is 34.2 Å². The standard InChI is InChI=1S/C22H22N4O2S/c1-15-13-20-24-25-22(26(20)19-6-4-3-5-18(15)19)29-14-21(27)23-12-11-16-7-9-17(28-2)10-8-16/h3-10,13H,11-12,14H2,1-2H3,(H,23,27). The number of fused-ring (bicyclic) bond motifs is 3. The summed E-state index contributed by atoms with van der Waals surface area (Å²) in [5.41, 5.74) is 4.16. The highest BCUT2D eigenvalue weighted by molar-refractivity contribution is 7.99. The van der Waals surface area contributed by atoms with Crippen LogP contribution in [0.5, 0.6) is 5.75 Å². The fourth-order valence-corrected chi connectivity index (χ4v) is 4.07. The summed E-state index contributed by atoms with van der Waals surface area (Å²) in [6.45, 7) is 2.66. The molecule has 0 radical (unpaired) electrons. The molecule has 0 atom stereocenters. The van der Waals surface area contributed by atoms with E-state index in [9.17, 15) is 4.79 Å². The van der Waals surface area contributed by atoms with Crippen LogP contribution < -0.4 is 10.1 Å². The van der Waals surface area contributed by atoms with E-state index in [2.05, 4.69) is 34.6 Å². The summed E-state index contributed by atoms with van der Waals surface area (Å²) in [7, 11) is 1.65. The van der Waals surface area contributed by atoms with Gasteiger partial charge in [-0.1, -0.05) is 42.1 Å². The van der Waals surface area contributed by atoms with Crippen molar-refractivity contribution in [3.63, 3.8) is 0 Å². The van der Waals surface area contributed by atoms with Crippen molar-refractivity contribution in [2.45, 2.75) is 18.5 Å². The molecule has 2 aromatic heterocycles. The Kier molecular flexibility index (Phi) is 5.67. The predicted octanol–water partition coefficient (Wildman–Crippen LogP) is 3.65. The zero-order valence-electron chi connectivity index (χ0n) is 16.4. The zero-order valence-corrected chi connectivity index (χ0v) is 17.2. The predicted molar refractivity (Wildman–Crippen MR) is 116 cm³/mol. The number of aromatic nitrogens is 3. The van der Waals surface area contributed by atoms with Gasteiger partial charge < -0.3 is 10.1 Å². The Bertz CT molecular complexity index is 1150. The van der Waals surface area contributed by atoms with Gasteiger partial charge in [0, 0.05) is 11.9 Å². The lowest BCUT2D eigenvalue weighted by Gasteiger charge is -2.08. The quantitative estimate of drug-likeness (QED) is 0.475. The Morgan fingerprint density at radius 3 is 2.72 bits per heavy atom. The summed E-state index contributed by atoms with van der Waals surface area (Å²) < 4.78 is 7.17. The first-order valence-corrected chi connectivity index (χ1v) is 10.4. The van der Waals surface area contributed by atoms with Crippen LogP contribution >= 0.6 is 11.8 Å². The van der Waals surface area contributed by atoms with E-state index < -0.39 is 0 Å². The summed E-state index contributed by atoms with van der Waals surface area (Å²) in [6.07, 6.45) is 0.776. The largest absolute Gasteiger partial charge is 0.497 e. The van der Waals surface area contributed by atoms with E-state index in [1.807, 2.05) is 46.9 Å². The van der Waals surface area contributed by atoms with Crippen LogP contribution in [0.3, 0.4) is 0 Å². The van der Waals surface area contributed by atoms with Crippen molar-refractivity contribution < 1.29 is 9.53 Å². The normalized spacial score (nSPS) is 11.1. The van der Waals surface area contributed by atoms with Crippen molar-refractivity contribution in [2.24, 2.45) is 0 Å². The molecule has 0 aliphatic carbocycles. The number of carbonyl (C=O) groups is 1. The van der Waals surface area contributed by atoms with E-state index in [4.69, 9.17) is 4.74 Å². The third-order valence-electron chi connectivity index (χ3n) is 4.80. The minimum atomic E-state index is -0.0170. The van der Waals surface area contributed by atoms with E-state index in [1.165, 1.54) is 11.8 Å². The number of rotatable bonds is 7. The first-order valence-electron chi connectivity index (χ1n) is 9.41. The lowest BCUT2D eigenvalue weighted by Crippen LogP contribution is -2.27. The van der Waals surface area contributed by atoms with Crippen molar-refractivity contribution in [3.05, 3.63) is 65.7 Å². The van der Waals surface area contributed by atoms with Gasteiger partial charge in [0.2, 0.25) is 5.91 Å². The Labute approximate surface area is 173 Å². The van der Waals surface area contributed by atoms with Crippen LogP contribution in [0, 0.1) is 6.92 Å². The van der Waals surface area contributed by atoms with Gasteiger partial charge in [-0.15, -0.1) is 10.2 Å². The Morgan fingerprint density at radius 1 is 1.14 bits per heavy atom. The Balaban J connectivity index is 1.38. The number of thioether (sulfide) groups is 1. The van der Waals surface area contributed by atoms with E-state index in [0.717, 1.165) is 45.0 Å². The minimum Gasteiger partial charge on any atom is -0.497 e. The van der Waals surface area contributed by atoms with Gasteiger partial charge >= 0.3 is 0 Å². The highest BCUT2D eigenvalue weighted by atomic mass is 32.2. The molecule has 4 rings (SSSR count). The SMILES string of the molecule is COc1ccc(CCNC(=O)CSc2nnc3cc(C)c4ccccc4n23)cc1. The molecule has 7 heteroatoms. The summed E-state index contributed by atoms with van der Waals surface area (Å²) in [5.74, 6) is 1.11. The molecular formula is C22H22N4O2S. The van der Waals surface area contributed by atoms with E-state index in [-0.39, 0.29) is 5.91 Å². The molecule has 0 bridgehead atoms. The zero-order chi connectivity index (χ0) is 20.2. The number of nitrogens with one attached hydrogen (secondary N) is 1. The van der Waals surface area contributed by atoms with Crippen LogP contribution in [0.25, 0.3) is 16.6 Å². The maximum Gasteiger partial charge on any atom is 0.230 e. The number of hydrogen-bond donors (Lipinski definition) is 1. The summed E-state index contributed by atoms with van der Waals surface area (Å²) >= 11 is 1.40. The number of carbonyl (C=O) groups excluding carboxylic acids is 1. The van der Waals surface area contributed by atoms with Gasteiger partial charge in [-0.05, 0) is 48.7 Å². The molecule has 0 spiro atoms. The molecule has 0 aliphatic rings. The molecule has 4 aromatic rings. The number of amides is 1. The number of nitrogens with zero attached hydrogens (tertiary/aromatic N) is 3. The van der Waals surface area contributed by atoms with Crippen LogP contribution in [-0.4, -0.2) is 39.9 Å². The van der Waals surface area contributed by atoms with Gasteiger partial charge in [0.25, 0.3) is 0 Å². The van der Waals surface area contributed by atoms with Gasteiger partial charge in [-0.2, -0.15) is 0 Å². The number of para-hydroxylation sites is 1. The minimum absolute atomic E-state index is 0.0170. The number of aryl methyl sites for hydroxylation is 1. The second kappa shape index (κ2) is 8.53. The molecule has 6 nitrogen and oxygen atoms in total. The summed E-state index contributed by atoms with van der Waals surface area (Å²) in [5, 5.41) is 13.4. The molecule has 0 unspecified atom stereocenters. The number of pyridine rings is 1. The molecule has 1 amide bonds. The first-order chi connectivity index (χ1) is 14.2. The summed E-state index contributed by atoms with van der Waals surface area (Å²) in [4.78, 5) is 12.3. The molecule has 29 heavy (non-hydrogen) atoms. The average molecular weight is 407 g/mol. The fraction of sp³-hybridized carbons (Fsp3) is 0.227. The van der Waals surface area contributed by atoms with Gasteiger partial charge in [-0.25, -0.2) is 0 Å².